The Balaban J connectivity index is 1.31. The van der Waals surface area contributed by atoms with Gasteiger partial charge in [0.25, 0.3) is 0 Å². The van der Waals surface area contributed by atoms with Crippen molar-refractivity contribution in [1.29, 1.82) is 0 Å². The van der Waals surface area contributed by atoms with Crippen LogP contribution in [0.15, 0.2) is 43.0 Å². The Morgan fingerprint density at radius 3 is 2.87 bits per heavy atom. The molecule has 0 unspecified atom stereocenters. The van der Waals surface area contributed by atoms with Crippen LogP contribution in [0.25, 0.3) is 0 Å². The molecule has 2 aromatic heterocycles. The molecular formula is C17H20N4O2. The number of ether oxygens (including phenoxy) is 2. The number of hydrogen-bond donors (Lipinski definition) is 0. The molecule has 0 amide bonds. The molecule has 120 valence electrons. The minimum atomic E-state index is -0.0891. The topological polar surface area (TPSA) is 60.4 Å². The van der Waals surface area contributed by atoms with Gasteiger partial charge in [0.1, 0.15) is 5.60 Å². The molecule has 2 aliphatic rings. The average molecular weight is 312 g/mol. The summed E-state index contributed by atoms with van der Waals surface area (Å²) in [6.07, 6.45) is 8.22. The highest BCUT2D eigenvalue weighted by atomic mass is 16.5. The zero-order chi connectivity index (χ0) is 15.5. The zero-order valence-electron chi connectivity index (χ0n) is 13.0. The molecule has 0 bridgehead atoms. The third-order valence-electron chi connectivity index (χ3n) is 4.66. The summed E-state index contributed by atoms with van der Waals surface area (Å²) in [6, 6.07) is 5.80. The van der Waals surface area contributed by atoms with Crippen LogP contribution >= 0.6 is 0 Å². The number of anilines is 1. The Bertz CT molecular complexity index is 632. The lowest BCUT2D eigenvalue weighted by Gasteiger charge is -2.50. The van der Waals surface area contributed by atoms with E-state index in [-0.39, 0.29) is 5.60 Å². The van der Waals surface area contributed by atoms with Crippen molar-refractivity contribution >= 4 is 5.95 Å². The van der Waals surface area contributed by atoms with Gasteiger partial charge in [-0.25, -0.2) is 9.97 Å². The van der Waals surface area contributed by atoms with Gasteiger partial charge in [-0.3, -0.25) is 4.98 Å². The molecule has 1 atom stereocenters. The molecule has 2 aliphatic heterocycles. The van der Waals surface area contributed by atoms with E-state index in [0.717, 1.165) is 44.2 Å². The molecule has 6 heteroatoms. The first-order valence-electron chi connectivity index (χ1n) is 7.98. The average Bonchev–Trinajstić information content (AvgIpc) is 2.99. The van der Waals surface area contributed by atoms with Gasteiger partial charge in [-0.15, -0.1) is 0 Å². The standard InChI is InChI=1S/C17H20N4O2/c1-3-14(9-18-5-1)10-22-11-15-4-8-23-17(15)12-21(13-17)16-19-6-2-7-20-16/h1-3,5-7,9,15H,4,8,10-13H2/t15-/m0/s1. The van der Waals surface area contributed by atoms with E-state index in [9.17, 15) is 0 Å². The van der Waals surface area contributed by atoms with Crippen molar-refractivity contribution in [2.75, 3.05) is 31.2 Å². The molecule has 0 aliphatic carbocycles. The Labute approximate surface area is 135 Å². The second kappa shape index (κ2) is 6.22. The van der Waals surface area contributed by atoms with E-state index in [2.05, 4.69) is 19.9 Å². The maximum Gasteiger partial charge on any atom is 0.225 e. The van der Waals surface area contributed by atoms with Crippen molar-refractivity contribution in [3.63, 3.8) is 0 Å². The van der Waals surface area contributed by atoms with E-state index >= 15 is 0 Å². The van der Waals surface area contributed by atoms with Gasteiger partial charge < -0.3 is 14.4 Å². The predicted molar refractivity (Wildman–Crippen MR) is 84.9 cm³/mol. The zero-order valence-corrected chi connectivity index (χ0v) is 13.0. The lowest BCUT2D eigenvalue weighted by atomic mass is 9.81. The molecule has 23 heavy (non-hydrogen) atoms. The molecule has 2 saturated heterocycles. The van der Waals surface area contributed by atoms with Crippen molar-refractivity contribution in [3.8, 4) is 0 Å². The molecule has 4 heterocycles. The van der Waals surface area contributed by atoms with Crippen molar-refractivity contribution < 1.29 is 9.47 Å². The monoisotopic (exact) mass is 312 g/mol. The molecule has 1 spiro atoms. The lowest BCUT2D eigenvalue weighted by molar-refractivity contribution is -0.0657. The number of rotatable bonds is 5. The molecule has 2 aromatic rings. The van der Waals surface area contributed by atoms with E-state index in [1.54, 1.807) is 18.6 Å². The summed E-state index contributed by atoms with van der Waals surface area (Å²) >= 11 is 0. The van der Waals surface area contributed by atoms with E-state index < -0.39 is 0 Å². The lowest BCUT2D eigenvalue weighted by Crippen LogP contribution is -2.66. The largest absolute Gasteiger partial charge is 0.376 e. The van der Waals surface area contributed by atoms with E-state index in [1.165, 1.54) is 0 Å². The van der Waals surface area contributed by atoms with E-state index in [4.69, 9.17) is 9.47 Å². The van der Waals surface area contributed by atoms with Crippen molar-refractivity contribution in [2.24, 2.45) is 5.92 Å². The summed E-state index contributed by atoms with van der Waals surface area (Å²) in [5.41, 5.74) is 1.02. The molecule has 6 nitrogen and oxygen atoms in total. The molecule has 0 radical (unpaired) electrons. The highest BCUT2D eigenvalue weighted by molar-refractivity contribution is 5.37. The number of hydrogen-bond acceptors (Lipinski definition) is 6. The van der Waals surface area contributed by atoms with Gasteiger partial charge >= 0.3 is 0 Å². The fourth-order valence-corrected chi connectivity index (χ4v) is 3.37. The van der Waals surface area contributed by atoms with Gasteiger partial charge in [-0.2, -0.15) is 0 Å². The van der Waals surface area contributed by atoms with Crippen molar-refractivity contribution in [3.05, 3.63) is 48.5 Å². The third-order valence-corrected chi connectivity index (χ3v) is 4.66. The number of pyridine rings is 1. The van der Waals surface area contributed by atoms with Gasteiger partial charge in [0.2, 0.25) is 5.95 Å². The van der Waals surface area contributed by atoms with Gasteiger partial charge in [-0.1, -0.05) is 6.07 Å². The van der Waals surface area contributed by atoms with Crippen LogP contribution in [0.1, 0.15) is 12.0 Å². The van der Waals surface area contributed by atoms with Gasteiger partial charge in [0, 0.05) is 37.3 Å². The minimum Gasteiger partial charge on any atom is -0.376 e. The van der Waals surface area contributed by atoms with Crippen LogP contribution in [0.2, 0.25) is 0 Å². The summed E-state index contributed by atoms with van der Waals surface area (Å²) in [5, 5.41) is 0. The second-order valence-corrected chi connectivity index (χ2v) is 6.18. The molecule has 2 fully saturated rings. The van der Waals surface area contributed by atoms with Crippen LogP contribution in [0.3, 0.4) is 0 Å². The van der Waals surface area contributed by atoms with Crippen LogP contribution in [-0.2, 0) is 16.1 Å². The molecular weight excluding hydrogens is 292 g/mol. The minimum absolute atomic E-state index is 0.0891. The van der Waals surface area contributed by atoms with Crippen molar-refractivity contribution in [1.82, 2.24) is 15.0 Å². The van der Waals surface area contributed by atoms with Gasteiger partial charge in [-0.05, 0) is 24.1 Å². The highest BCUT2D eigenvalue weighted by Gasteiger charge is 2.53. The summed E-state index contributed by atoms with van der Waals surface area (Å²) in [7, 11) is 0. The number of nitrogens with zero attached hydrogens (tertiary/aromatic N) is 4. The van der Waals surface area contributed by atoms with E-state index in [1.807, 2.05) is 24.4 Å². The first-order valence-corrected chi connectivity index (χ1v) is 7.98. The van der Waals surface area contributed by atoms with E-state index in [0.29, 0.717) is 12.5 Å². The Hall–Kier alpha value is -2.05. The highest BCUT2D eigenvalue weighted by Crippen LogP contribution is 2.41. The third kappa shape index (κ3) is 2.92. The molecule has 0 saturated carbocycles. The van der Waals surface area contributed by atoms with Gasteiger partial charge in [0.15, 0.2) is 0 Å². The maximum absolute atomic E-state index is 6.05. The summed E-state index contributed by atoms with van der Waals surface area (Å²) in [4.78, 5) is 14.9. The molecule has 4 rings (SSSR count). The molecule has 0 aromatic carbocycles. The quantitative estimate of drug-likeness (QED) is 0.837. The normalized spacial score (nSPS) is 22.3. The second-order valence-electron chi connectivity index (χ2n) is 6.18. The summed E-state index contributed by atoms with van der Waals surface area (Å²) in [6.45, 7) is 3.82. The first kappa shape index (κ1) is 14.5. The van der Waals surface area contributed by atoms with Crippen LogP contribution in [0.5, 0.6) is 0 Å². The Morgan fingerprint density at radius 2 is 2.09 bits per heavy atom. The fraction of sp³-hybridized carbons (Fsp3) is 0.471. The van der Waals surface area contributed by atoms with Crippen LogP contribution in [-0.4, -0.2) is 46.9 Å². The van der Waals surface area contributed by atoms with Crippen LogP contribution in [0, 0.1) is 5.92 Å². The van der Waals surface area contributed by atoms with Gasteiger partial charge in [0.05, 0.1) is 26.3 Å². The van der Waals surface area contributed by atoms with Crippen molar-refractivity contribution in [2.45, 2.75) is 18.6 Å². The van der Waals surface area contributed by atoms with Crippen LogP contribution in [0.4, 0.5) is 5.95 Å². The summed E-state index contributed by atoms with van der Waals surface area (Å²) in [5.74, 6) is 1.21. The first-order chi connectivity index (χ1) is 11.4. The van der Waals surface area contributed by atoms with Crippen LogP contribution < -0.4 is 4.90 Å². The Kier molecular flexibility index (Phi) is 3.93. The number of aromatic nitrogens is 3. The fourth-order valence-electron chi connectivity index (χ4n) is 3.37. The Morgan fingerprint density at radius 1 is 1.22 bits per heavy atom. The summed E-state index contributed by atoms with van der Waals surface area (Å²) < 4.78 is 12.0. The molecule has 0 N–H and O–H groups in total. The smallest absolute Gasteiger partial charge is 0.225 e. The predicted octanol–water partition coefficient (Wildman–Crippen LogP) is 1.68. The SMILES string of the molecule is c1cnc(N2CC3(C2)OCC[C@H]3COCc2cccnc2)nc1. The maximum atomic E-state index is 6.05.